The van der Waals surface area contributed by atoms with Crippen LogP contribution < -0.4 is 9.47 Å². The molecule has 1 aliphatic rings. The third-order valence-electron chi connectivity index (χ3n) is 3.78. The van der Waals surface area contributed by atoms with E-state index in [0.717, 1.165) is 0 Å². The van der Waals surface area contributed by atoms with Crippen LogP contribution in [0.5, 0.6) is 11.5 Å². The SMILES string of the molecule is CCC(=O)Oc1c(I)cc(/C=C2\N=C(c3ccccc3F)OC2=O)cc1OC. The van der Waals surface area contributed by atoms with E-state index in [0.29, 0.717) is 20.6 Å². The van der Waals surface area contributed by atoms with Gasteiger partial charge in [0.15, 0.2) is 17.2 Å². The summed E-state index contributed by atoms with van der Waals surface area (Å²) in [5.41, 5.74) is 0.714. The fourth-order valence-corrected chi connectivity index (χ4v) is 3.16. The molecule has 2 aromatic carbocycles. The van der Waals surface area contributed by atoms with Crippen molar-refractivity contribution in [3.8, 4) is 11.5 Å². The monoisotopic (exact) mass is 495 g/mol. The smallest absolute Gasteiger partial charge is 0.363 e. The maximum Gasteiger partial charge on any atom is 0.363 e. The number of nitrogens with zero attached hydrogens (tertiary/aromatic N) is 1. The van der Waals surface area contributed by atoms with Crippen molar-refractivity contribution in [1.82, 2.24) is 0 Å². The number of rotatable bonds is 5. The predicted molar refractivity (Wildman–Crippen MR) is 109 cm³/mol. The van der Waals surface area contributed by atoms with Gasteiger partial charge < -0.3 is 14.2 Å². The quantitative estimate of drug-likeness (QED) is 0.271. The minimum absolute atomic E-state index is 0.0226. The first-order chi connectivity index (χ1) is 13.4. The van der Waals surface area contributed by atoms with Gasteiger partial charge in [0.05, 0.1) is 16.2 Å². The lowest BCUT2D eigenvalue weighted by Gasteiger charge is -2.11. The second-order valence-corrected chi connectivity index (χ2v) is 6.84. The molecule has 0 radical (unpaired) electrons. The summed E-state index contributed by atoms with van der Waals surface area (Å²) in [7, 11) is 1.45. The van der Waals surface area contributed by atoms with Crippen LogP contribution in [0, 0.1) is 9.39 Å². The molecule has 0 fully saturated rings. The molecule has 0 atom stereocenters. The summed E-state index contributed by atoms with van der Waals surface area (Å²) < 4.78 is 30.2. The van der Waals surface area contributed by atoms with Crippen molar-refractivity contribution in [3.05, 3.63) is 62.6 Å². The lowest BCUT2D eigenvalue weighted by Crippen LogP contribution is -2.08. The zero-order valence-corrected chi connectivity index (χ0v) is 17.2. The van der Waals surface area contributed by atoms with Crippen LogP contribution in [0.15, 0.2) is 47.1 Å². The first-order valence-corrected chi connectivity index (χ1v) is 9.36. The Hall–Kier alpha value is -2.75. The summed E-state index contributed by atoms with van der Waals surface area (Å²) in [5.74, 6) is -1.06. The first kappa shape index (κ1) is 20.0. The zero-order valence-electron chi connectivity index (χ0n) is 15.0. The van der Waals surface area contributed by atoms with Crippen molar-refractivity contribution in [2.24, 2.45) is 4.99 Å². The summed E-state index contributed by atoms with van der Waals surface area (Å²) in [6, 6.07) is 9.22. The molecule has 3 rings (SSSR count). The zero-order chi connectivity index (χ0) is 20.3. The van der Waals surface area contributed by atoms with Crippen molar-refractivity contribution in [2.45, 2.75) is 13.3 Å². The van der Waals surface area contributed by atoms with Crippen molar-refractivity contribution < 1.29 is 28.2 Å². The van der Waals surface area contributed by atoms with Gasteiger partial charge in [-0.25, -0.2) is 14.2 Å². The maximum atomic E-state index is 13.9. The van der Waals surface area contributed by atoms with Crippen molar-refractivity contribution in [2.75, 3.05) is 7.11 Å². The molecule has 144 valence electrons. The van der Waals surface area contributed by atoms with Gasteiger partial charge in [-0.05, 0) is 58.5 Å². The number of ether oxygens (including phenoxy) is 3. The van der Waals surface area contributed by atoms with E-state index in [1.165, 1.54) is 31.4 Å². The fourth-order valence-electron chi connectivity index (χ4n) is 2.43. The number of carbonyl (C=O) groups is 2. The summed E-state index contributed by atoms with van der Waals surface area (Å²) in [6.45, 7) is 1.69. The minimum Gasteiger partial charge on any atom is -0.493 e. The van der Waals surface area contributed by atoms with E-state index >= 15 is 0 Å². The Morgan fingerprint density at radius 3 is 2.75 bits per heavy atom. The summed E-state index contributed by atoms with van der Waals surface area (Å²) in [6.07, 6.45) is 1.72. The van der Waals surface area contributed by atoms with E-state index in [1.54, 1.807) is 25.1 Å². The first-order valence-electron chi connectivity index (χ1n) is 8.28. The van der Waals surface area contributed by atoms with Crippen LogP contribution in [-0.4, -0.2) is 24.9 Å². The molecular weight excluding hydrogens is 480 g/mol. The van der Waals surface area contributed by atoms with Gasteiger partial charge in [0.25, 0.3) is 0 Å². The number of aliphatic imine (C=N–C) groups is 1. The van der Waals surface area contributed by atoms with Crippen LogP contribution in [-0.2, 0) is 14.3 Å². The Bertz CT molecular complexity index is 1020. The van der Waals surface area contributed by atoms with Gasteiger partial charge in [-0.3, -0.25) is 4.79 Å². The highest BCUT2D eigenvalue weighted by Gasteiger charge is 2.26. The lowest BCUT2D eigenvalue weighted by atomic mass is 10.1. The minimum atomic E-state index is -0.686. The molecule has 28 heavy (non-hydrogen) atoms. The molecule has 0 aromatic heterocycles. The van der Waals surface area contributed by atoms with Crippen LogP contribution in [0.3, 0.4) is 0 Å². The van der Waals surface area contributed by atoms with Crippen LogP contribution >= 0.6 is 22.6 Å². The second-order valence-electron chi connectivity index (χ2n) is 5.68. The summed E-state index contributed by atoms with van der Waals surface area (Å²) in [4.78, 5) is 27.8. The molecule has 0 N–H and O–H groups in total. The number of methoxy groups -OCH3 is 1. The van der Waals surface area contributed by atoms with E-state index in [2.05, 4.69) is 4.99 Å². The molecule has 0 saturated carbocycles. The molecule has 1 heterocycles. The van der Waals surface area contributed by atoms with Crippen LogP contribution in [0.4, 0.5) is 4.39 Å². The Balaban J connectivity index is 1.97. The van der Waals surface area contributed by atoms with Gasteiger partial charge in [0.1, 0.15) is 5.82 Å². The Kier molecular flexibility index (Phi) is 6.08. The van der Waals surface area contributed by atoms with Crippen molar-refractivity contribution in [1.29, 1.82) is 0 Å². The number of benzene rings is 2. The number of esters is 2. The average molecular weight is 495 g/mol. The molecule has 0 saturated heterocycles. The summed E-state index contributed by atoms with van der Waals surface area (Å²) in [5, 5.41) is 0. The Morgan fingerprint density at radius 1 is 1.32 bits per heavy atom. The molecule has 0 amide bonds. The van der Waals surface area contributed by atoms with Crippen LogP contribution in [0.2, 0.25) is 0 Å². The molecule has 1 aliphatic heterocycles. The fraction of sp³-hybridized carbons (Fsp3) is 0.150. The van der Waals surface area contributed by atoms with Gasteiger partial charge in [-0.15, -0.1) is 0 Å². The molecule has 0 spiro atoms. The van der Waals surface area contributed by atoms with E-state index in [4.69, 9.17) is 14.2 Å². The topological polar surface area (TPSA) is 74.2 Å². The Labute approximate surface area is 174 Å². The number of hydrogen-bond acceptors (Lipinski definition) is 6. The van der Waals surface area contributed by atoms with Crippen molar-refractivity contribution >= 4 is 46.5 Å². The molecule has 0 unspecified atom stereocenters. The van der Waals surface area contributed by atoms with Crippen LogP contribution in [0.1, 0.15) is 24.5 Å². The second kappa shape index (κ2) is 8.51. The van der Waals surface area contributed by atoms with Crippen LogP contribution in [0.25, 0.3) is 6.08 Å². The van der Waals surface area contributed by atoms with Gasteiger partial charge >= 0.3 is 11.9 Å². The normalized spacial score (nSPS) is 14.6. The number of halogens is 2. The van der Waals surface area contributed by atoms with E-state index in [9.17, 15) is 14.0 Å². The highest BCUT2D eigenvalue weighted by molar-refractivity contribution is 14.1. The third kappa shape index (κ3) is 4.22. The summed E-state index contributed by atoms with van der Waals surface area (Å²) >= 11 is 2.01. The highest BCUT2D eigenvalue weighted by Crippen LogP contribution is 2.35. The van der Waals surface area contributed by atoms with Gasteiger partial charge in [0, 0.05) is 6.42 Å². The lowest BCUT2D eigenvalue weighted by molar-refractivity contribution is -0.134. The van der Waals surface area contributed by atoms with E-state index < -0.39 is 11.8 Å². The van der Waals surface area contributed by atoms with Crippen molar-refractivity contribution in [3.63, 3.8) is 0 Å². The third-order valence-corrected chi connectivity index (χ3v) is 4.59. The predicted octanol–water partition coefficient (Wildman–Crippen LogP) is 4.10. The Morgan fingerprint density at radius 2 is 2.07 bits per heavy atom. The van der Waals surface area contributed by atoms with E-state index in [-0.39, 0.29) is 29.5 Å². The number of cyclic esters (lactones) is 1. The van der Waals surface area contributed by atoms with Gasteiger partial charge in [-0.2, -0.15) is 0 Å². The maximum absolute atomic E-state index is 13.9. The number of carbonyl (C=O) groups excluding carboxylic acids is 2. The number of hydrogen-bond donors (Lipinski definition) is 0. The molecular formula is C20H15FINO5. The van der Waals surface area contributed by atoms with Gasteiger partial charge in [-0.1, -0.05) is 19.1 Å². The average Bonchev–Trinajstić information content (AvgIpc) is 3.03. The molecule has 0 bridgehead atoms. The standard InChI is InChI=1S/C20H15FINO5/c1-3-17(24)27-18-14(22)8-11(10-16(18)26-2)9-15-20(25)28-19(23-15)12-6-4-5-7-13(12)21/h4-10H,3H2,1-2H3/b15-9-. The highest BCUT2D eigenvalue weighted by atomic mass is 127. The molecule has 8 heteroatoms. The molecule has 0 aliphatic carbocycles. The van der Waals surface area contributed by atoms with Gasteiger partial charge in [0.2, 0.25) is 5.90 Å². The van der Waals surface area contributed by atoms with E-state index in [1.807, 2.05) is 22.6 Å². The largest absolute Gasteiger partial charge is 0.493 e. The molecule has 6 nitrogen and oxygen atoms in total. The molecule has 2 aromatic rings.